The van der Waals surface area contributed by atoms with Crippen molar-refractivity contribution in [1.29, 1.82) is 0 Å². The SMILES string of the molecule is CC(C)[C@H](NC(=O)C(C)(C)/C=C/c1ccc2ccc([C@H](NC(=O)OC(C)(C)C)C(F)(F)F)nc2c1)C(=O)N[C@@H](C)C(=O)N1CCC[C@@H](C(=O)O)N1. The van der Waals surface area contributed by atoms with Gasteiger partial charge in [0.05, 0.1) is 16.6 Å². The van der Waals surface area contributed by atoms with E-state index in [1.807, 2.05) is 5.32 Å². The highest BCUT2D eigenvalue weighted by atomic mass is 19.4. The summed E-state index contributed by atoms with van der Waals surface area (Å²) in [6.45, 7) is 13.0. The van der Waals surface area contributed by atoms with Crippen molar-refractivity contribution >= 4 is 46.8 Å². The van der Waals surface area contributed by atoms with E-state index < -0.39 is 76.8 Å². The Morgan fingerprint density at radius 2 is 1.65 bits per heavy atom. The Bertz CT molecular complexity index is 1650. The van der Waals surface area contributed by atoms with Crippen LogP contribution in [0.4, 0.5) is 18.0 Å². The van der Waals surface area contributed by atoms with E-state index in [4.69, 9.17) is 4.74 Å². The van der Waals surface area contributed by atoms with E-state index in [0.29, 0.717) is 23.8 Å². The average molecular weight is 721 g/mol. The van der Waals surface area contributed by atoms with Gasteiger partial charge in [-0.1, -0.05) is 44.2 Å². The first-order chi connectivity index (χ1) is 23.5. The number of nitrogens with zero attached hydrogens (tertiary/aromatic N) is 2. The molecule has 0 aliphatic carbocycles. The Labute approximate surface area is 294 Å². The van der Waals surface area contributed by atoms with Gasteiger partial charge in [-0.15, -0.1) is 0 Å². The number of nitrogens with one attached hydrogen (secondary N) is 4. The van der Waals surface area contributed by atoms with Crippen molar-refractivity contribution in [3.05, 3.63) is 47.7 Å². The summed E-state index contributed by atoms with van der Waals surface area (Å²) >= 11 is 0. The van der Waals surface area contributed by atoms with Gasteiger partial charge in [-0.05, 0) is 78.0 Å². The number of alkyl halides is 3. The maximum absolute atomic E-state index is 14.0. The molecule has 1 saturated heterocycles. The predicted octanol–water partition coefficient (Wildman–Crippen LogP) is 4.63. The Morgan fingerprint density at radius 1 is 1.00 bits per heavy atom. The van der Waals surface area contributed by atoms with Crippen molar-refractivity contribution in [2.45, 2.75) is 104 Å². The molecule has 1 aromatic carbocycles. The van der Waals surface area contributed by atoms with Crippen LogP contribution in [-0.4, -0.2) is 81.3 Å². The van der Waals surface area contributed by atoms with Gasteiger partial charge in [-0.3, -0.25) is 29.2 Å². The molecule has 2 aromatic rings. The molecule has 0 radical (unpaired) electrons. The van der Waals surface area contributed by atoms with Crippen molar-refractivity contribution in [1.82, 2.24) is 31.4 Å². The molecule has 2 heterocycles. The molecule has 5 N–H and O–H groups in total. The zero-order valence-electron chi connectivity index (χ0n) is 30.0. The summed E-state index contributed by atoms with van der Waals surface area (Å²) in [6, 6.07) is 2.18. The second-order valence-electron chi connectivity index (χ2n) is 14.4. The van der Waals surface area contributed by atoms with E-state index in [1.165, 1.54) is 44.8 Å². The highest BCUT2D eigenvalue weighted by Crippen LogP contribution is 2.33. The van der Waals surface area contributed by atoms with Crippen LogP contribution < -0.4 is 21.4 Å². The summed E-state index contributed by atoms with van der Waals surface area (Å²) in [5, 5.41) is 18.2. The van der Waals surface area contributed by atoms with Crippen molar-refractivity contribution < 1.29 is 47.0 Å². The number of benzene rings is 1. The summed E-state index contributed by atoms with van der Waals surface area (Å²) in [5.41, 5.74) is 0.795. The van der Waals surface area contributed by atoms with Crippen LogP contribution in [-0.2, 0) is 23.9 Å². The molecule has 0 spiro atoms. The standard InChI is InChI=1S/C35H47F3N6O7/c1-19(2)26(28(45)39-20(3)29(46)44-17-9-10-24(43-44)30(47)48)41-31(49)34(7,8)16-15-21-11-12-22-13-14-23(40-25(22)18-21)27(35(36,37)38)42-32(50)51-33(4,5)6/h11-16,18-20,24,26-27,43H,9-10,17H2,1-8H3,(H,39,45)(H,41,49)(H,42,50)(H,47,48)/b16-15+/t20-,24-,26-,27-/m0/s1. The van der Waals surface area contributed by atoms with Crippen molar-refractivity contribution in [2.24, 2.45) is 11.3 Å². The first kappa shape index (κ1) is 40.7. The third kappa shape index (κ3) is 11.4. The fourth-order valence-electron chi connectivity index (χ4n) is 5.13. The predicted molar refractivity (Wildman–Crippen MR) is 183 cm³/mol. The van der Waals surface area contributed by atoms with E-state index in [1.54, 1.807) is 58.0 Å². The zero-order chi connectivity index (χ0) is 38.5. The molecule has 16 heteroatoms. The number of carbonyl (C=O) groups excluding carboxylic acids is 4. The van der Waals surface area contributed by atoms with Crippen molar-refractivity contribution in [3.63, 3.8) is 0 Å². The zero-order valence-corrected chi connectivity index (χ0v) is 30.0. The quantitative estimate of drug-likeness (QED) is 0.221. The molecular formula is C35H47F3N6O7. The van der Waals surface area contributed by atoms with E-state index in [9.17, 15) is 42.3 Å². The lowest BCUT2D eigenvalue weighted by Gasteiger charge is -2.34. The maximum atomic E-state index is 14.0. The van der Waals surface area contributed by atoms with Crippen LogP contribution in [0.5, 0.6) is 0 Å². The Morgan fingerprint density at radius 3 is 2.24 bits per heavy atom. The molecule has 4 amide bonds. The number of halogens is 3. The topological polar surface area (TPSA) is 179 Å². The first-order valence-corrected chi connectivity index (χ1v) is 16.6. The van der Waals surface area contributed by atoms with Crippen LogP contribution in [0.25, 0.3) is 17.0 Å². The van der Waals surface area contributed by atoms with Gasteiger partial charge in [0.15, 0.2) is 6.04 Å². The highest BCUT2D eigenvalue weighted by Gasteiger charge is 2.44. The smallest absolute Gasteiger partial charge is 0.414 e. The second kappa shape index (κ2) is 16.1. The van der Waals surface area contributed by atoms with Gasteiger partial charge < -0.3 is 25.8 Å². The van der Waals surface area contributed by atoms with Gasteiger partial charge >= 0.3 is 18.2 Å². The minimum atomic E-state index is -4.86. The number of pyridine rings is 1. The average Bonchev–Trinajstić information content (AvgIpc) is 3.02. The first-order valence-electron chi connectivity index (χ1n) is 16.6. The third-order valence-electron chi connectivity index (χ3n) is 8.01. The summed E-state index contributed by atoms with van der Waals surface area (Å²) in [6.07, 6.45) is -2.07. The normalized spacial score (nSPS) is 17.5. The number of fused-ring (bicyclic) bond motifs is 1. The van der Waals surface area contributed by atoms with Crippen LogP contribution in [0.2, 0.25) is 0 Å². The molecule has 1 fully saturated rings. The van der Waals surface area contributed by atoms with Crippen LogP contribution in [0.15, 0.2) is 36.4 Å². The number of hydrazine groups is 1. The molecule has 1 aromatic heterocycles. The molecule has 13 nitrogen and oxygen atoms in total. The highest BCUT2D eigenvalue weighted by molar-refractivity contribution is 5.94. The molecule has 1 aliphatic heterocycles. The molecule has 280 valence electrons. The molecule has 4 atom stereocenters. The van der Waals surface area contributed by atoms with E-state index in [0.717, 1.165) is 0 Å². The van der Waals surface area contributed by atoms with Crippen LogP contribution >= 0.6 is 0 Å². The van der Waals surface area contributed by atoms with Gasteiger partial charge in [0, 0.05) is 11.9 Å². The number of amides is 4. The van der Waals surface area contributed by atoms with E-state index in [2.05, 4.69) is 21.0 Å². The molecular weight excluding hydrogens is 673 g/mol. The lowest BCUT2D eigenvalue weighted by atomic mass is 9.89. The lowest BCUT2D eigenvalue weighted by Crippen LogP contribution is -2.61. The number of aliphatic carboxylic acids is 1. The number of hydrogen-bond acceptors (Lipinski definition) is 8. The fourth-order valence-corrected chi connectivity index (χ4v) is 5.13. The van der Waals surface area contributed by atoms with Crippen LogP contribution in [0.1, 0.15) is 85.5 Å². The number of alkyl carbamates (subject to hydrolysis) is 1. The summed E-state index contributed by atoms with van der Waals surface area (Å²) in [5.74, 6) is -3.07. The second-order valence-corrected chi connectivity index (χ2v) is 14.4. The summed E-state index contributed by atoms with van der Waals surface area (Å²) in [7, 11) is 0. The number of aromatic nitrogens is 1. The number of rotatable bonds is 11. The number of carboxylic acid groups (broad SMARTS) is 1. The molecule has 0 unspecified atom stereocenters. The Hall–Kier alpha value is -4.73. The minimum absolute atomic E-state index is 0.218. The van der Waals surface area contributed by atoms with Gasteiger partial charge in [0.1, 0.15) is 23.7 Å². The van der Waals surface area contributed by atoms with Crippen LogP contribution in [0, 0.1) is 11.3 Å². The van der Waals surface area contributed by atoms with Crippen molar-refractivity contribution in [3.8, 4) is 0 Å². The summed E-state index contributed by atoms with van der Waals surface area (Å²) < 4.78 is 47.0. The minimum Gasteiger partial charge on any atom is -0.480 e. The summed E-state index contributed by atoms with van der Waals surface area (Å²) in [4.78, 5) is 67.3. The third-order valence-corrected chi connectivity index (χ3v) is 8.01. The molecule has 3 rings (SSSR count). The van der Waals surface area contributed by atoms with Gasteiger partial charge in [-0.25, -0.2) is 10.2 Å². The number of hydrogen-bond donors (Lipinski definition) is 5. The molecule has 1 aliphatic rings. The van der Waals surface area contributed by atoms with E-state index >= 15 is 0 Å². The number of carbonyl (C=O) groups is 5. The maximum Gasteiger partial charge on any atom is 0.414 e. The Balaban J connectivity index is 1.73. The lowest BCUT2D eigenvalue weighted by molar-refractivity contribution is -0.157. The van der Waals surface area contributed by atoms with Crippen molar-refractivity contribution in [2.75, 3.05) is 6.54 Å². The van der Waals surface area contributed by atoms with Gasteiger partial charge in [-0.2, -0.15) is 13.2 Å². The van der Waals surface area contributed by atoms with E-state index in [-0.39, 0.29) is 18.0 Å². The number of ether oxygens (including phenoxy) is 1. The monoisotopic (exact) mass is 720 g/mol. The largest absolute Gasteiger partial charge is 0.480 e. The Kier molecular flexibility index (Phi) is 12.8. The molecule has 0 bridgehead atoms. The molecule has 51 heavy (non-hydrogen) atoms. The van der Waals surface area contributed by atoms with Gasteiger partial charge in [0.25, 0.3) is 5.91 Å². The fraction of sp³-hybridized carbons (Fsp3) is 0.543. The van der Waals surface area contributed by atoms with Crippen LogP contribution in [0.3, 0.4) is 0 Å². The number of carboxylic acids is 1. The molecule has 0 saturated carbocycles. The van der Waals surface area contributed by atoms with Gasteiger partial charge in [0.2, 0.25) is 11.8 Å².